The van der Waals surface area contributed by atoms with E-state index in [1.807, 2.05) is 0 Å². The molecule has 0 spiro atoms. The minimum absolute atomic E-state index is 0.0491. The lowest BCUT2D eigenvalue weighted by Crippen LogP contribution is -2.53. The summed E-state index contributed by atoms with van der Waals surface area (Å²) in [5, 5.41) is 13.8. The van der Waals surface area contributed by atoms with Gasteiger partial charge in [-0.1, -0.05) is 13.3 Å². The van der Waals surface area contributed by atoms with Crippen molar-refractivity contribution in [2.75, 3.05) is 19.7 Å². The topological polar surface area (TPSA) is 35.5 Å². The molecule has 2 N–H and O–H groups in total. The molecular weight excluding hydrogens is 260 g/mol. The Morgan fingerprint density at radius 2 is 2.00 bits per heavy atom. The van der Waals surface area contributed by atoms with Crippen molar-refractivity contribution in [2.24, 2.45) is 11.8 Å². The second kappa shape index (κ2) is 6.55. The van der Waals surface area contributed by atoms with Gasteiger partial charge in [-0.05, 0) is 76.8 Å². The summed E-state index contributed by atoms with van der Waals surface area (Å²) in [5.41, 5.74) is 0.0491. The molecule has 0 aromatic heterocycles. The molecule has 3 rings (SSSR count). The van der Waals surface area contributed by atoms with Crippen molar-refractivity contribution in [3.8, 4) is 0 Å². The van der Waals surface area contributed by atoms with Crippen molar-refractivity contribution in [1.82, 2.24) is 10.2 Å². The smallest absolute Gasteiger partial charge is 0.0616 e. The summed E-state index contributed by atoms with van der Waals surface area (Å²) in [7, 11) is 0. The molecule has 2 aliphatic carbocycles. The Kier molecular flexibility index (Phi) is 4.92. The fourth-order valence-electron chi connectivity index (χ4n) is 4.75. The summed E-state index contributed by atoms with van der Waals surface area (Å²) >= 11 is 0. The molecule has 3 heteroatoms. The molecule has 1 aliphatic heterocycles. The Morgan fingerprint density at radius 1 is 1.19 bits per heavy atom. The van der Waals surface area contributed by atoms with Gasteiger partial charge in [0.05, 0.1) is 6.61 Å². The van der Waals surface area contributed by atoms with Crippen LogP contribution in [-0.2, 0) is 0 Å². The fraction of sp³-hybridized carbons (Fsp3) is 1.00. The summed E-state index contributed by atoms with van der Waals surface area (Å²) in [6.07, 6.45) is 10.4. The zero-order valence-corrected chi connectivity index (χ0v) is 14.0. The van der Waals surface area contributed by atoms with E-state index in [-0.39, 0.29) is 5.54 Å². The Bertz CT molecular complexity index is 344. The highest BCUT2D eigenvalue weighted by Gasteiger charge is 2.45. The summed E-state index contributed by atoms with van der Waals surface area (Å²) in [6.45, 7) is 7.62. The molecule has 0 radical (unpaired) electrons. The summed E-state index contributed by atoms with van der Waals surface area (Å²) < 4.78 is 0. The van der Waals surface area contributed by atoms with Gasteiger partial charge in [0, 0.05) is 17.6 Å². The first-order valence-corrected chi connectivity index (χ1v) is 9.25. The van der Waals surface area contributed by atoms with Gasteiger partial charge >= 0.3 is 0 Å². The molecule has 21 heavy (non-hydrogen) atoms. The second-order valence-electron chi connectivity index (χ2n) is 8.13. The van der Waals surface area contributed by atoms with Crippen molar-refractivity contribution in [2.45, 2.75) is 82.8 Å². The average Bonchev–Trinajstić information content (AvgIpc) is 3.18. The van der Waals surface area contributed by atoms with Gasteiger partial charge in [0.15, 0.2) is 0 Å². The lowest BCUT2D eigenvalue weighted by Gasteiger charge is -2.40. The van der Waals surface area contributed by atoms with Crippen molar-refractivity contribution in [3.05, 3.63) is 0 Å². The van der Waals surface area contributed by atoms with E-state index >= 15 is 0 Å². The van der Waals surface area contributed by atoms with Crippen LogP contribution in [0, 0.1) is 11.8 Å². The predicted molar refractivity (Wildman–Crippen MR) is 87.4 cm³/mol. The normalized spacial score (nSPS) is 41.6. The van der Waals surface area contributed by atoms with Crippen LogP contribution in [0.1, 0.15) is 65.2 Å². The quantitative estimate of drug-likeness (QED) is 0.791. The van der Waals surface area contributed by atoms with Gasteiger partial charge in [-0.25, -0.2) is 0 Å². The minimum atomic E-state index is 0.0491. The summed E-state index contributed by atoms with van der Waals surface area (Å²) in [4.78, 5) is 2.69. The number of aliphatic hydroxyl groups is 1. The number of nitrogens with one attached hydrogen (secondary N) is 1. The molecule has 3 nitrogen and oxygen atoms in total. The zero-order chi connectivity index (χ0) is 14.9. The van der Waals surface area contributed by atoms with Gasteiger partial charge in [-0.2, -0.15) is 0 Å². The maximum Gasteiger partial charge on any atom is 0.0616 e. The lowest BCUT2D eigenvalue weighted by molar-refractivity contribution is 0.0876. The first-order chi connectivity index (χ1) is 10.1. The molecule has 1 saturated heterocycles. The van der Waals surface area contributed by atoms with Crippen molar-refractivity contribution in [1.29, 1.82) is 0 Å². The monoisotopic (exact) mass is 294 g/mol. The highest BCUT2D eigenvalue weighted by molar-refractivity contribution is 5.03. The standard InChI is InChI=1S/C18H34N2O/c1-14-7-10-20(15(2)12-14)11-8-16-4-3-9-18(16,13-21)19-17-5-6-17/h14-17,19,21H,3-13H2,1-2H3. The maximum absolute atomic E-state index is 10.0. The van der Waals surface area contributed by atoms with Gasteiger partial charge in [-0.3, -0.25) is 0 Å². The van der Waals surface area contributed by atoms with Gasteiger partial charge in [-0.15, -0.1) is 0 Å². The van der Waals surface area contributed by atoms with Gasteiger partial charge < -0.3 is 15.3 Å². The second-order valence-corrected chi connectivity index (χ2v) is 8.13. The third-order valence-electron chi connectivity index (χ3n) is 6.35. The highest BCUT2D eigenvalue weighted by atomic mass is 16.3. The zero-order valence-electron chi connectivity index (χ0n) is 14.0. The van der Waals surface area contributed by atoms with Crippen LogP contribution >= 0.6 is 0 Å². The Balaban J connectivity index is 1.53. The molecule has 122 valence electrons. The number of rotatable bonds is 6. The number of nitrogens with zero attached hydrogens (tertiary/aromatic N) is 1. The number of hydrogen-bond donors (Lipinski definition) is 2. The first kappa shape index (κ1) is 15.8. The van der Waals surface area contributed by atoms with E-state index in [2.05, 4.69) is 24.1 Å². The largest absolute Gasteiger partial charge is 0.394 e. The number of likely N-dealkylation sites (tertiary alicyclic amines) is 1. The summed E-state index contributed by atoms with van der Waals surface area (Å²) in [6, 6.07) is 1.45. The summed E-state index contributed by atoms with van der Waals surface area (Å²) in [5.74, 6) is 1.57. The van der Waals surface area contributed by atoms with Crippen molar-refractivity contribution < 1.29 is 5.11 Å². The predicted octanol–water partition coefficient (Wildman–Crippen LogP) is 2.78. The number of hydrogen-bond acceptors (Lipinski definition) is 3. The van der Waals surface area contributed by atoms with Crippen LogP contribution in [0.15, 0.2) is 0 Å². The van der Waals surface area contributed by atoms with Crippen molar-refractivity contribution >= 4 is 0 Å². The Morgan fingerprint density at radius 3 is 2.67 bits per heavy atom. The molecule has 3 fully saturated rings. The molecule has 0 bridgehead atoms. The average molecular weight is 294 g/mol. The molecule has 4 unspecified atom stereocenters. The van der Waals surface area contributed by atoms with Crippen LogP contribution < -0.4 is 5.32 Å². The SMILES string of the molecule is CC1CCN(CCC2CCCC2(CO)NC2CC2)C(C)C1. The van der Waals surface area contributed by atoms with Crippen molar-refractivity contribution in [3.63, 3.8) is 0 Å². The van der Waals surface area contributed by atoms with E-state index < -0.39 is 0 Å². The van der Waals surface area contributed by atoms with E-state index in [4.69, 9.17) is 0 Å². The van der Waals surface area contributed by atoms with Crippen LogP contribution in [0.2, 0.25) is 0 Å². The van der Waals surface area contributed by atoms with E-state index in [0.29, 0.717) is 18.6 Å². The fourth-order valence-corrected chi connectivity index (χ4v) is 4.75. The van der Waals surface area contributed by atoms with Gasteiger partial charge in [0.2, 0.25) is 0 Å². The van der Waals surface area contributed by atoms with Gasteiger partial charge in [0.1, 0.15) is 0 Å². The van der Waals surface area contributed by atoms with Crippen LogP contribution in [-0.4, -0.2) is 47.3 Å². The molecule has 1 heterocycles. The van der Waals surface area contributed by atoms with E-state index in [9.17, 15) is 5.11 Å². The first-order valence-electron chi connectivity index (χ1n) is 9.25. The number of aliphatic hydroxyl groups excluding tert-OH is 1. The van der Waals surface area contributed by atoms with E-state index in [0.717, 1.165) is 12.0 Å². The molecule has 0 amide bonds. The minimum Gasteiger partial charge on any atom is -0.394 e. The Labute approximate surface area is 130 Å². The Hall–Kier alpha value is -0.120. The van der Waals surface area contributed by atoms with Gasteiger partial charge in [0.25, 0.3) is 0 Å². The molecule has 3 aliphatic rings. The molecule has 4 atom stereocenters. The van der Waals surface area contributed by atoms with Crippen LogP contribution in [0.5, 0.6) is 0 Å². The highest BCUT2D eigenvalue weighted by Crippen LogP contribution is 2.40. The third-order valence-corrected chi connectivity index (χ3v) is 6.35. The molecule has 0 aromatic carbocycles. The van der Waals surface area contributed by atoms with E-state index in [1.54, 1.807) is 0 Å². The molecule has 2 saturated carbocycles. The molecular formula is C18H34N2O. The third kappa shape index (κ3) is 3.62. The maximum atomic E-state index is 10.0. The van der Waals surface area contributed by atoms with Crippen LogP contribution in [0.3, 0.4) is 0 Å². The van der Waals surface area contributed by atoms with E-state index in [1.165, 1.54) is 64.5 Å². The molecule has 0 aromatic rings. The van der Waals surface area contributed by atoms with Crippen LogP contribution in [0.25, 0.3) is 0 Å². The lowest BCUT2D eigenvalue weighted by atomic mass is 9.84. The number of piperidine rings is 1. The van der Waals surface area contributed by atoms with Crippen LogP contribution in [0.4, 0.5) is 0 Å².